The molecule has 4 nitrogen and oxygen atoms in total. The summed E-state index contributed by atoms with van der Waals surface area (Å²) in [6, 6.07) is 5.19. The molecule has 19 heavy (non-hydrogen) atoms. The van der Waals surface area contributed by atoms with Gasteiger partial charge in [-0.2, -0.15) is 0 Å². The highest BCUT2D eigenvalue weighted by Gasteiger charge is 2.23. The third kappa shape index (κ3) is 4.56. The first-order valence-electron chi connectivity index (χ1n) is 6.07. The molecule has 0 heterocycles. The van der Waals surface area contributed by atoms with E-state index in [1.54, 1.807) is 0 Å². The van der Waals surface area contributed by atoms with Crippen LogP contribution in [0, 0.1) is 11.2 Å². The largest absolute Gasteiger partial charge is 0.393 e. The molecule has 0 spiro atoms. The number of hydrogen-bond donors (Lipinski definition) is 2. The van der Waals surface area contributed by atoms with Gasteiger partial charge in [0.15, 0.2) is 0 Å². The Morgan fingerprint density at radius 2 is 1.89 bits per heavy atom. The number of sulfonamides is 1. The average molecular weight is 289 g/mol. The SMILES string of the molecule is CC(C)(C)C(O)CCNS(=O)(=O)c1ccccc1F. The second kappa shape index (κ2) is 5.98. The van der Waals surface area contributed by atoms with Crippen molar-refractivity contribution in [3.63, 3.8) is 0 Å². The summed E-state index contributed by atoms with van der Waals surface area (Å²) >= 11 is 0. The number of nitrogens with one attached hydrogen (secondary N) is 1. The van der Waals surface area contributed by atoms with Crippen molar-refractivity contribution in [3.8, 4) is 0 Å². The molecule has 0 bridgehead atoms. The summed E-state index contributed by atoms with van der Waals surface area (Å²) in [6.45, 7) is 5.66. The lowest BCUT2D eigenvalue weighted by molar-refractivity contribution is 0.0571. The molecule has 1 aromatic rings. The van der Waals surface area contributed by atoms with Gasteiger partial charge in [-0.25, -0.2) is 17.5 Å². The van der Waals surface area contributed by atoms with E-state index >= 15 is 0 Å². The standard InChI is InChI=1S/C13H20FNO3S/c1-13(2,3)12(16)8-9-15-19(17,18)11-7-5-4-6-10(11)14/h4-7,12,15-16H,8-9H2,1-3H3. The summed E-state index contributed by atoms with van der Waals surface area (Å²) in [6.07, 6.45) is -0.354. The Hall–Kier alpha value is -0.980. The fourth-order valence-electron chi connectivity index (χ4n) is 1.50. The number of aliphatic hydroxyl groups is 1. The topological polar surface area (TPSA) is 66.4 Å². The number of hydrogen-bond acceptors (Lipinski definition) is 3. The van der Waals surface area contributed by atoms with Crippen molar-refractivity contribution in [1.29, 1.82) is 0 Å². The minimum Gasteiger partial charge on any atom is -0.393 e. The predicted molar refractivity (Wildman–Crippen MR) is 71.7 cm³/mol. The predicted octanol–water partition coefficient (Wildman–Crippen LogP) is 1.90. The Morgan fingerprint density at radius 1 is 1.32 bits per heavy atom. The second-order valence-corrected chi connectivity index (χ2v) is 7.23. The van der Waals surface area contributed by atoms with Crippen LogP contribution in [0.2, 0.25) is 0 Å². The Labute approximate surface area is 113 Å². The molecule has 0 radical (unpaired) electrons. The number of benzene rings is 1. The van der Waals surface area contributed by atoms with E-state index < -0.39 is 21.9 Å². The maximum atomic E-state index is 13.4. The Kier molecular flexibility index (Phi) is 5.06. The maximum Gasteiger partial charge on any atom is 0.243 e. The van der Waals surface area contributed by atoms with Gasteiger partial charge in [-0.1, -0.05) is 32.9 Å². The van der Waals surface area contributed by atoms with Crippen molar-refractivity contribution in [1.82, 2.24) is 4.72 Å². The maximum absolute atomic E-state index is 13.4. The first-order valence-corrected chi connectivity index (χ1v) is 7.55. The van der Waals surface area contributed by atoms with Crippen molar-refractivity contribution >= 4 is 10.0 Å². The molecule has 1 unspecified atom stereocenters. The molecule has 6 heteroatoms. The van der Waals surface area contributed by atoms with E-state index in [1.165, 1.54) is 18.2 Å². The van der Waals surface area contributed by atoms with Gasteiger partial charge in [0.25, 0.3) is 0 Å². The Bertz CT molecular complexity index is 523. The first kappa shape index (κ1) is 16.1. The van der Waals surface area contributed by atoms with Crippen LogP contribution in [0.5, 0.6) is 0 Å². The summed E-state index contributed by atoms with van der Waals surface area (Å²) in [5.41, 5.74) is -0.316. The van der Waals surface area contributed by atoms with Crippen LogP contribution < -0.4 is 4.72 Å². The average Bonchev–Trinajstić information content (AvgIpc) is 2.27. The fourth-order valence-corrected chi connectivity index (χ4v) is 2.63. The Balaban J connectivity index is 2.65. The van der Waals surface area contributed by atoms with Crippen LogP contribution in [-0.4, -0.2) is 26.2 Å². The van der Waals surface area contributed by atoms with E-state index in [0.717, 1.165) is 6.07 Å². The van der Waals surface area contributed by atoms with Gasteiger partial charge >= 0.3 is 0 Å². The van der Waals surface area contributed by atoms with Gasteiger partial charge in [0, 0.05) is 6.54 Å². The molecule has 0 aliphatic carbocycles. The number of aliphatic hydroxyl groups excluding tert-OH is 1. The molecule has 0 amide bonds. The van der Waals surface area contributed by atoms with Crippen LogP contribution in [-0.2, 0) is 10.0 Å². The Morgan fingerprint density at radius 3 is 2.42 bits per heavy atom. The van der Waals surface area contributed by atoms with Gasteiger partial charge < -0.3 is 5.11 Å². The molecule has 108 valence electrons. The van der Waals surface area contributed by atoms with Gasteiger partial charge in [0.2, 0.25) is 10.0 Å². The molecule has 0 aliphatic heterocycles. The monoisotopic (exact) mass is 289 g/mol. The highest BCUT2D eigenvalue weighted by atomic mass is 32.2. The van der Waals surface area contributed by atoms with Crippen LogP contribution in [0.25, 0.3) is 0 Å². The van der Waals surface area contributed by atoms with Crippen molar-refractivity contribution in [2.45, 2.75) is 38.2 Å². The lowest BCUT2D eigenvalue weighted by Crippen LogP contribution is -2.32. The van der Waals surface area contributed by atoms with E-state index in [-0.39, 0.29) is 23.3 Å². The third-order valence-electron chi connectivity index (χ3n) is 2.84. The van der Waals surface area contributed by atoms with E-state index in [4.69, 9.17) is 0 Å². The molecule has 1 aromatic carbocycles. The summed E-state index contributed by atoms with van der Waals surface area (Å²) in [5, 5.41) is 9.80. The summed E-state index contributed by atoms with van der Waals surface area (Å²) in [7, 11) is -3.87. The molecule has 1 atom stereocenters. The highest BCUT2D eigenvalue weighted by molar-refractivity contribution is 7.89. The van der Waals surface area contributed by atoms with E-state index in [2.05, 4.69) is 4.72 Å². The molecular formula is C13H20FNO3S. The third-order valence-corrected chi connectivity index (χ3v) is 4.33. The zero-order valence-corrected chi connectivity index (χ0v) is 12.2. The van der Waals surface area contributed by atoms with E-state index in [1.807, 2.05) is 20.8 Å². The number of rotatable bonds is 5. The summed E-state index contributed by atoms with van der Waals surface area (Å²) in [4.78, 5) is -0.375. The molecule has 0 aliphatic rings. The molecular weight excluding hydrogens is 269 g/mol. The zero-order valence-electron chi connectivity index (χ0n) is 11.4. The van der Waals surface area contributed by atoms with Crippen molar-refractivity contribution in [2.75, 3.05) is 6.54 Å². The van der Waals surface area contributed by atoms with E-state index in [0.29, 0.717) is 0 Å². The normalized spacial score (nSPS) is 14.4. The number of halogens is 1. The van der Waals surface area contributed by atoms with Crippen LogP contribution in [0.1, 0.15) is 27.2 Å². The van der Waals surface area contributed by atoms with Crippen molar-refractivity contribution < 1.29 is 17.9 Å². The first-order chi connectivity index (χ1) is 8.64. The van der Waals surface area contributed by atoms with Crippen molar-refractivity contribution in [3.05, 3.63) is 30.1 Å². The van der Waals surface area contributed by atoms with Gasteiger partial charge in [-0.3, -0.25) is 0 Å². The molecule has 2 N–H and O–H groups in total. The van der Waals surface area contributed by atoms with Crippen LogP contribution in [0.15, 0.2) is 29.2 Å². The quantitative estimate of drug-likeness (QED) is 0.870. The molecule has 0 saturated heterocycles. The minimum absolute atomic E-state index is 0.0646. The smallest absolute Gasteiger partial charge is 0.243 e. The van der Waals surface area contributed by atoms with Gasteiger partial charge in [0.1, 0.15) is 10.7 Å². The van der Waals surface area contributed by atoms with Gasteiger partial charge in [-0.15, -0.1) is 0 Å². The minimum atomic E-state index is -3.87. The van der Waals surface area contributed by atoms with Crippen LogP contribution in [0.3, 0.4) is 0 Å². The van der Waals surface area contributed by atoms with E-state index in [9.17, 15) is 17.9 Å². The molecule has 0 saturated carbocycles. The van der Waals surface area contributed by atoms with Crippen molar-refractivity contribution in [2.24, 2.45) is 5.41 Å². The lowest BCUT2D eigenvalue weighted by Gasteiger charge is -2.25. The lowest BCUT2D eigenvalue weighted by atomic mass is 9.87. The molecule has 1 rings (SSSR count). The molecule has 0 aromatic heterocycles. The van der Waals surface area contributed by atoms with Crippen LogP contribution >= 0.6 is 0 Å². The second-order valence-electron chi connectivity index (χ2n) is 5.50. The fraction of sp³-hybridized carbons (Fsp3) is 0.538. The van der Waals surface area contributed by atoms with Gasteiger partial charge in [0.05, 0.1) is 6.10 Å². The highest BCUT2D eigenvalue weighted by Crippen LogP contribution is 2.21. The summed E-state index contributed by atoms with van der Waals surface area (Å²) < 4.78 is 39.4. The van der Waals surface area contributed by atoms with Gasteiger partial charge in [-0.05, 0) is 24.0 Å². The van der Waals surface area contributed by atoms with Crippen LogP contribution in [0.4, 0.5) is 4.39 Å². The molecule has 0 fully saturated rings. The zero-order chi connectivity index (χ0) is 14.7. The summed E-state index contributed by atoms with van der Waals surface area (Å²) in [5.74, 6) is -0.786.